The Morgan fingerprint density at radius 2 is 0.880 bits per heavy atom. The lowest BCUT2D eigenvalue weighted by molar-refractivity contribution is 0.0686. The van der Waals surface area contributed by atoms with Crippen LogP contribution in [0, 0.1) is 0 Å². The molecule has 0 amide bonds. The first-order chi connectivity index (χ1) is 12.1. The van der Waals surface area contributed by atoms with Crippen LogP contribution in [0.2, 0.25) is 0 Å². The molecule has 0 bridgehead atoms. The molecule has 2 rings (SSSR count). The first-order valence-corrected chi connectivity index (χ1v) is 8.71. The third-order valence-corrected chi connectivity index (χ3v) is 4.33. The van der Waals surface area contributed by atoms with E-state index in [9.17, 15) is 9.59 Å². The van der Waals surface area contributed by atoms with Crippen molar-refractivity contribution in [1.29, 1.82) is 0 Å². The third-order valence-electron chi connectivity index (χ3n) is 4.33. The molecule has 0 aliphatic carbocycles. The average molecular weight is 340 g/mol. The van der Waals surface area contributed by atoms with Gasteiger partial charge >= 0.3 is 11.9 Å². The van der Waals surface area contributed by atoms with Crippen molar-refractivity contribution < 1.29 is 19.8 Å². The van der Waals surface area contributed by atoms with Crippen LogP contribution in [0.4, 0.5) is 0 Å². The Kier molecular flexibility index (Phi) is 7.20. The predicted octanol–water partition coefficient (Wildman–Crippen LogP) is 4.82. The minimum absolute atomic E-state index is 0.333. The van der Waals surface area contributed by atoms with Crippen molar-refractivity contribution in [2.75, 3.05) is 0 Å². The molecule has 0 aliphatic rings. The Morgan fingerprint density at radius 1 is 0.560 bits per heavy atom. The number of rotatable bonds is 10. The maximum atomic E-state index is 10.8. The number of carboxylic acid groups (broad SMARTS) is 2. The summed E-state index contributed by atoms with van der Waals surface area (Å²) in [6.45, 7) is 0. The average Bonchev–Trinajstić information content (AvgIpc) is 2.61. The first kappa shape index (κ1) is 18.7. The number of unbranched alkanes of at least 4 members (excludes halogenated alkanes) is 4. The molecule has 0 fully saturated rings. The van der Waals surface area contributed by atoms with E-state index in [2.05, 4.69) is 0 Å². The lowest BCUT2D eigenvalue weighted by atomic mass is 10.0. The summed E-state index contributed by atoms with van der Waals surface area (Å²) in [4.78, 5) is 21.6. The standard InChI is InChI=1S/C21H24O4/c22-20(23)18-12-8-16(9-13-18)6-4-2-1-3-5-7-17-10-14-19(15-11-17)21(24)25/h8-15H,1-7H2,(H,22,23)(H,24,25). The summed E-state index contributed by atoms with van der Waals surface area (Å²) in [7, 11) is 0. The summed E-state index contributed by atoms with van der Waals surface area (Å²) in [6, 6.07) is 14.2. The van der Waals surface area contributed by atoms with Gasteiger partial charge in [-0.1, -0.05) is 43.5 Å². The van der Waals surface area contributed by atoms with Crippen molar-refractivity contribution in [2.24, 2.45) is 0 Å². The van der Waals surface area contributed by atoms with Crippen molar-refractivity contribution in [3.05, 3.63) is 70.8 Å². The van der Waals surface area contributed by atoms with Gasteiger partial charge in [-0.2, -0.15) is 0 Å². The second-order valence-electron chi connectivity index (χ2n) is 6.27. The minimum Gasteiger partial charge on any atom is -0.478 e. The largest absolute Gasteiger partial charge is 0.478 e. The molecule has 25 heavy (non-hydrogen) atoms. The van der Waals surface area contributed by atoms with Gasteiger partial charge in [0.15, 0.2) is 0 Å². The number of hydrogen-bond donors (Lipinski definition) is 2. The van der Waals surface area contributed by atoms with Gasteiger partial charge in [0, 0.05) is 0 Å². The smallest absolute Gasteiger partial charge is 0.335 e. The zero-order valence-corrected chi connectivity index (χ0v) is 14.3. The maximum Gasteiger partial charge on any atom is 0.335 e. The van der Waals surface area contributed by atoms with Crippen LogP contribution in [0.5, 0.6) is 0 Å². The van der Waals surface area contributed by atoms with Crippen molar-refractivity contribution >= 4 is 11.9 Å². The molecular weight excluding hydrogens is 316 g/mol. The molecule has 4 heteroatoms. The highest BCUT2D eigenvalue weighted by atomic mass is 16.4. The molecule has 0 saturated carbocycles. The van der Waals surface area contributed by atoms with Crippen molar-refractivity contribution in [3.63, 3.8) is 0 Å². The number of aryl methyl sites for hydroxylation is 2. The van der Waals surface area contributed by atoms with Crippen LogP contribution in [0.1, 0.15) is 63.9 Å². The molecule has 2 aromatic rings. The van der Waals surface area contributed by atoms with Crippen LogP contribution in [-0.2, 0) is 12.8 Å². The quantitative estimate of drug-likeness (QED) is 0.608. The highest BCUT2D eigenvalue weighted by Crippen LogP contribution is 2.13. The monoisotopic (exact) mass is 340 g/mol. The molecule has 0 saturated heterocycles. The Balaban J connectivity index is 1.57. The topological polar surface area (TPSA) is 74.6 Å². The maximum absolute atomic E-state index is 10.8. The normalized spacial score (nSPS) is 10.6. The van der Waals surface area contributed by atoms with Gasteiger partial charge in [-0.15, -0.1) is 0 Å². The van der Waals surface area contributed by atoms with Gasteiger partial charge in [-0.05, 0) is 61.1 Å². The Bertz CT molecular complexity index is 625. The number of aromatic carboxylic acids is 2. The molecule has 0 unspecified atom stereocenters. The Labute approximate surface area is 148 Å². The number of hydrogen-bond acceptors (Lipinski definition) is 2. The summed E-state index contributed by atoms with van der Waals surface area (Å²) in [6.07, 6.45) is 7.70. The van der Waals surface area contributed by atoms with E-state index < -0.39 is 11.9 Å². The van der Waals surface area contributed by atoms with Gasteiger partial charge in [0.05, 0.1) is 11.1 Å². The Morgan fingerprint density at radius 3 is 1.20 bits per heavy atom. The van der Waals surface area contributed by atoms with Gasteiger partial charge in [0.1, 0.15) is 0 Å². The molecule has 0 atom stereocenters. The van der Waals surface area contributed by atoms with Gasteiger partial charge in [0.25, 0.3) is 0 Å². The number of benzene rings is 2. The number of carbonyl (C=O) groups is 2. The summed E-state index contributed by atoms with van der Waals surface area (Å²) in [5, 5.41) is 17.7. The fourth-order valence-corrected chi connectivity index (χ4v) is 2.82. The third kappa shape index (κ3) is 6.42. The van der Waals surface area contributed by atoms with E-state index in [4.69, 9.17) is 10.2 Å². The minimum atomic E-state index is -0.885. The van der Waals surface area contributed by atoms with E-state index in [1.807, 2.05) is 24.3 Å². The SMILES string of the molecule is O=C(O)c1ccc(CCCCCCCc2ccc(C(=O)O)cc2)cc1. The lowest BCUT2D eigenvalue weighted by Crippen LogP contribution is -1.96. The summed E-state index contributed by atoms with van der Waals surface area (Å²) >= 11 is 0. The van der Waals surface area contributed by atoms with Crippen LogP contribution >= 0.6 is 0 Å². The molecule has 0 heterocycles. The van der Waals surface area contributed by atoms with E-state index in [0.29, 0.717) is 11.1 Å². The van der Waals surface area contributed by atoms with Gasteiger partial charge in [0.2, 0.25) is 0 Å². The molecule has 0 aromatic heterocycles. The van der Waals surface area contributed by atoms with E-state index in [1.165, 1.54) is 30.4 Å². The van der Waals surface area contributed by atoms with Crippen LogP contribution in [0.25, 0.3) is 0 Å². The summed E-state index contributed by atoms with van der Waals surface area (Å²) < 4.78 is 0. The summed E-state index contributed by atoms with van der Waals surface area (Å²) in [5.41, 5.74) is 3.03. The molecule has 2 aromatic carbocycles. The lowest BCUT2D eigenvalue weighted by Gasteiger charge is -2.04. The van der Waals surface area contributed by atoms with Crippen molar-refractivity contribution in [2.45, 2.75) is 44.9 Å². The second-order valence-corrected chi connectivity index (χ2v) is 6.27. The van der Waals surface area contributed by atoms with Gasteiger partial charge in [-0.25, -0.2) is 9.59 Å². The second kappa shape index (κ2) is 9.62. The highest BCUT2D eigenvalue weighted by molar-refractivity contribution is 5.87. The van der Waals surface area contributed by atoms with Gasteiger partial charge in [-0.3, -0.25) is 0 Å². The van der Waals surface area contributed by atoms with E-state index >= 15 is 0 Å². The molecule has 0 aliphatic heterocycles. The zero-order chi connectivity index (χ0) is 18.1. The van der Waals surface area contributed by atoms with Crippen LogP contribution < -0.4 is 0 Å². The molecule has 2 N–H and O–H groups in total. The van der Waals surface area contributed by atoms with Gasteiger partial charge < -0.3 is 10.2 Å². The molecule has 0 spiro atoms. The fraction of sp³-hybridized carbons (Fsp3) is 0.333. The predicted molar refractivity (Wildman–Crippen MR) is 97.3 cm³/mol. The first-order valence-electron chi connectivity index (χ1n) is 8.71. The Hall–Kier alpha value is -2.62. The summed E-state index contributed by atoms with van der Waals surface area (Å²) in [5.74, 6) is -1.77. The van der Waals surface area contributed by atoms with E-state index in [-0.39, 0.29) is 0 Å². The molecule has 132 valence electrons. The van der Waals surface area contributed by atoms with E-state index in [1.54, 1.807) is 24.3 Å². The van der Waals surface area contributed by atoms with E-state index in [0.717, 1.165) is 25.7 Å². The van der Waals surface area contributed by atoms with Crippen molar-refractivity contribution in [3.8, 4) is 0 Å². The number of carboxylic acids is 2. The fourth-order valence-electron chi connectivity index (χ4n) is 2.82. The molecule has 4 nitrogen and oxygen atoms in total. The zero-order valence-electron chi connectivity index (χ0n) is 14.3. The van der Waals surface area contributed by atoms with Crippen LogP contribution in [-0.4, -0.2) is 22.2 Å². The molecule has 0 radical (unpaired) electrons. The molecular formula is C21H24O4. The highest BCUT2D eigenvalue weighted by Gasteiger charge is 2.03. The van der Waals surface area contributed by atoms with Crippen molar-refractivity contribution in [1.82, 2.24) is 0 Å². The van der Waals surface area contributed by atoms with Crippen LogP contribution in [0.15, 0.2) is 48.5 Å². The van der Waals surface area contributed by atoms with Crippen LogP contribution in [0.3, 0.4) is 0 Å².